The maximum Gasteiger partial charge on any atom is 0.323 e. The first-order valence-corrected chi connectivity index (χ1v) is 7.65. The molecule has 0 aliphatic heterocycles. The molecule has 0 saturated heterocycles. The van der Waals surface area contributed by atoms with Gasteiger partial charge in [0.25, 0.3) is 0 Å². The molecule has 0 aliphatic rings. The Kier molecular flexibility index (Phi) is 5.73. The van der Waals surface area contributed by atoms with Gasteiger partial charge in [-0.15, -0.1) is 0 Å². The van der Waals surface area contributed by atoms with Crippen molar-refractivity contribution in [2.24, 2.45) is 0 Å². The van der Waals surface area contributed by atoms with Crippen LogP contribution in [0.4, 0.5) is 11.4 Å². The van der Waals surface area contributed by atoms with Crippen molar-refractivity contribution in [3.8, 4) is 5.75 Å². The molecule has 130 valence electrons. The minimum atomic E-state index is -0.969. The second-order valence-corrected chi connectivity index (χ2v) is 5.43. The highest BCUT2D eigenvalue weighted by Gasteiger charge is 2.26. The molecule has 7 heteroatoms. The number of carbonyl (C=O) groups excluding carboxylic acids is 3. The number of nitrogens with one attached hydrogen (secondary N) is 1. The van der Waals surface area contributed by atoms with Crippen LogP contribution >= 0.6 is 0 Å². The second-order valence-electron chi connectivity index (χ2n) is 5.43. The van der Waals surface area contributed by atoms with Gasteiger partial charge in [-0.25, -0.2) is 4.90 Å². The topological polar surface area (TPSA) is 113 Å². The van der Waals surface area contributed by atoms with Crippen LogP contribution in [-0.2, 0) is 20.8 Å². The molecule has 0 bridgehead atoms. The molecule has 2 aromatic carbocycles. The van der Waals surface area contributed by atoms with E-state index in [9.17, 15) is 19.5 Å². The Hall–Kier alpha value is -3.35. The summed E-state index contributed by atoms with van der Waals surface area (Å²) in [5, 5.41) is 11.7. The number of aromatic hydroxyl groups is 1. The summed E-state index contributed by atoms with van der Waals surface area (Å²) in [6, 6.07) is 12.7. The molecule has 0 heterocycles. The normalized spacial score (nSPS) is 10.1. The highest BCUT2D eigenvalue weighted by molar-refractivity contribution is 6.45. The molecule has 2 rings (SSSR count). The van der Waals surface area contributed by atoms with E-state index in [1.54, 1.807) is 36.4 Å². The van der Waals surface area contributed by atoms with Crippen molar-refractivity contribution >= 4 is 29.1 Å². The average Bonchev–Trinajstić information content (AvgIpc) is 2.56. The molecule has 4 N–H and O–H groups in total. The van der Waals surface area contributed by atoms with Crippen molar-refractivity contribution in [1.82, 2.24) is 5.32 Å². The summed E-state index contributed by atoms with van der Waals surface area (Å²) >= 11 is 0. The van der Waals surface area contributed by atoms with Crippen molar-refractivity contribution in [3.05, 3.63) is 54.1 Å². The number of imide groups is 1. The average molecular weight is 341 g/mol. The summed E-state index contributed by atoms with van der Waals surface area (Å²) in [5.41, 5.74) is 7.17. The number of phenolic OH excluding ortho intramolecular Hbond substituents is 1. The number of carbonyl (C=O) groups is 3. The third kappa shape index (κ3) is 4.81. The number of nitrogens with zero attached hydrogens (tertiary/aromatic N) is 1. The van der Waals surface area contributed by atoms with Crippen LogP contribution in [0.25, 0.3) is 0 Å². The van der Waals surface area contributed by atoms with E-state index >= 15 is 0 Å². The SMILES string of the molecule is CC(=O)N(C(=O)C(=O)NCCc1ccc(O)cc1)c1cccc(N)c1. The van der Waals surface area contributed by atoms with Crippen molar-refractivity contribution in [2.75, 3.05) is 17.2 Å². The van der Waals surface area contributed by atoms with Crippen LogP contribution in [0, 0.1) is 0 Å². The van der Waals surface area contributed by atoms with Crippen LogP contribution in [0.2, 0.25) is 0 Å². The molecule has 0 aromatic heterocycles. The number of benzene rings is 2. The van der Waals surface area contributed by atoms with Gasteiger partial charge in [-0.2, -0.15) is 0 Å². The van der Waals surface area contributed by atoms with Gasteiger partial charge in [0.15, 0.2) is 0 Å². The van der Waals surface area contributed by atoms with E-state index < -0.39 is 17.7 Å². The van der Waals surface area contributed by atoms with E-state index in [4.69, 9.17) is 5.73 Å². The molecular weight excluding hydrogens is 322 g/mol. The standard InChI is InChI=1S/C18H19N3O4/c1-12(22)21(15-4-2-3-14(19)11-15)18(25)17(24)20-10-9-13-5-7-16(23)8-6-13/h2-8,11,23H,9-10,19H2,1H3,(H,20,24). The van der Waals surface area contributed by atoms with Crippen molar-refractivity contribution < 1.29 is 19.5 Å². The molecule has 25 heavy (non-hydrogen) atoms. The lowest BCUT2D eigenvalue weighted by Gasteiger charge is -2.19. The summed E-state index contributed by atoms with van der Waals surface area (Å²) < 4.78 is 0. The summed E-state index contributed by atoms with van der Waals surface area (Å²) in [5.74, 6) is -2.27. The first kappa shape index (κ1) is 18.0. The van der Waals surface area contributed by atoms with Crippen LogP contribution in [0.15, 0.2) is 48.5 Å². The van der Waals surface area contributed by atoms with Gasteiger partial charge >= 0.3 is 11.8 Å². The Labute approximate surface area is 145 Å². The van der Waals surface area contributed by atoms with E-state index in [0.717, 1.165) is 10.5 Å². The van der Waals surface area contributed by atoms with Crippen LogP contribution < -0.4 is 16.0 Å². The number of phenols is 1. The van der Waals surface area contributed by atoms with Gasteiger partial charge in [-0.1, -0.05) is 18.2 Å². The fraction of sp³-hybridized carbons (Fsp3) is 0.167. The van der Waals surface area contributed by atoms with Gasteiger partial charge in [0.1, 0.15) is 5.75 Å². The summed E-state index contributed by atoms with van der Waals surface area (Å²) in [4.78, 5) is 36.9. The molecule has 0 aliphatic carbocycles. The minimum absolute atomic E-state index is 0.155. The molecule has 0 saturated carbocycles. The highest BCUT2D eigenvalue weighted by atomic mass is 16.3. The van der Waals surface area contributed by atoms with Gasteiger partial charge in [-0.3, -0.25) is 14.4 Å². The predicted octanol–water partition coefficient (Wildman–Crippen LogP) is 1.21. The Morgan fingerprint density at radius 1 is 1.12 bits per heavy atom. The fourth-order valence-corrected chi connectivity index (χ4v) is 2.27. The summed E-state index contributed by atoms with van der Waals surface area (Å²) in [6.45, 7) is 1.42. The van der Waals surface area contributed by atoms with Crippen LogP contribution in [-0.4, -0.2) is 29.4 Å². The number of nitrogens with two attached hydrogens (primary N) is 1. The fourth-order valence-electron chi connectivity index (χ4n) is 2.27. The van der Waals surface area contributed by atoms with E-state index in [2.05, 4.69) is 5.32 Å². The molecule has 0 atom stereocenters. The third-order valence-corrected chi connectivity index (χ3v) is 3.48. The Bertz CT molecular complexity index is 787. The van der Waals surface area contributed by atoms with E-state index in [0.29, 0.717) is 12.1 Å². The third-order valence-electron chi connectivity index (χ3n) is 3.48. The Morgan fingerprint density at radius 2 is 1.80 bits per heavy atom. The maximum atomic E-state index is 12.3. The first-order chi connectivity index (χ1) is 11.9. The Balaban J connectivity index is 2.00. The lowest BCUT2D eigenvalue weighted by Crippen LogP contribution is -2.46. The van der Waals surface area contributed by atoms with Gasteiger partial charge in [0.2, 0.25) is 5.91 Å². The maximum absolute atomic E-state index is 12.3. The molecular formula is C18H19N3O4. The van der Waals surface area contributed by atoms with Crippen LogP contribution in [0.5, 0.6) is 5.75 Å². The number of nitrogen functional groups attached to an aromatic ring is 1. The number of amides is 3. The minimum Gasteiger partial charge on any atom is -0.508 e. The van der Waals surface area contributed by atoms with Crippen molar-refractivity contribution in [2.45, 2.75) is 13.3 Å². The lowest BCUT2D eigenvalue weighted by atomic mass is 10.1. The number of hydrogen-bond acceptors (Lipinski definition) is 5. The number of anilines is 2. The summed E-state index contributed by atoms with van der Waals surface area (Å²) in [7, 11) is 0. The molecule has 0 spiro atoms. The van der Waals surface area contributed by atoms with Gasteiger partial charge in [-0.05, 0) is 42.3 Å². The van der Waals surface area contributed by atoms with Crippen LogP contribution in [0.1, 0.15) is 12.5 Å². The number of rotatable bonds is 4. The quantitative estimate of drug-likeness (QED) is 0.571. The highest BCUT2D eigenvalue weighted by Crippen LogP contribution is 2.18. The van der Waals surface area contributed by atoms with Gasteiger partial charge < -0.3 is 16.2 Å². The lowest BCUT2D eigenvalue weighted by molar-refractivity contribution is -0.139. The summed E-state index contributed by atoms with van der Waals surface area (Å²) in [6.07, 6.45) is 0.484. The monoisotopic (exact) mass is 341 g/mol. The predicted molar refractivity (Wildman–Crippen MR) is 93.8 cm³/mol. The van der Waals surface area contributed by atoms with Gasteiger partial charge in [0, 0.05) is 19.2 Å². The first-order valence-electron chi connectivity index (χ1n) is 7.65. The zero-order valence-corrected chi connectivity index (χ0v) is 13.7. The molecule has 0 radical (unpaired) electrons. The van der Waals surface area contributed by atoms with Crippen molar-refractivity contribution in [3.63, 3.8) is 0 Å². The van der Waals surface area contributed by atoms with E-state index in [1.165, 1.54) is 19.1 Å². The molecule has 3 amide bonds. The van der Waals surface area contributed by atoms with Gasteiger partial charge in [0.05, 0.1) is 5.69 Å². The van der Waals surface area contributed by atoms with Crippen LogP contribution in [0.3, 0.4) is 0 Å². The Morgan fingerprint density at radius 3 is 2.40 bits per heavy atom. The molecule has 0 unspecified atom stereocenters. The van der Waals surface area contributed by atoms with E-state index in [1.807, 2.05) is 0 Å². The zero-order chi connectivity index (χ0) is 18.4. The molecule has 2 aromatic rings. The second kappa shape index (κ2) is 7.96. The number of hydrogen-bond donors (Lipinski definition) is 3. The largest absolute Gasteiger partial charge is 0.508 e. The zero-order valence-electron chi connectivity index (χ0n) is 13.7. The van der Waals surface area contributed by atoms with E-state index in [-0.39, 0.29) is 18.0 Å². The molecule has 7 nitrogen and oxygen atoms in total. The smallest absolute Gasteiger partial charge is 0.323 e. The molecule has 0 fully saturated rings. The van der Waals surface area contributed by atoms with Crippen molar-refractivity contribution in [1.29, 1.82) is 0 Å².